The maximum atomic E-state index is 13.3. The van der Waals surface area contributed by atoms with E-state index in [0.29, 0.717) is 13.1 Å². The SMILES string of the molecule is Cc1ccc([C@H](NC(=O)c2ccc(Cl)c(S(=O)(=O)N3CCCCCC3)c2)c2ccccc2)cc1. The van der Waals surface area contributed by atoms with Gasteiger partial charge in [-0.25, -0.2) is 8.42 Å². The monoisotopic (exact) mass is 496 g/mol. The Morgan fingerprint density at radius 2 is 1.50 bits per heavy atom. The predicted molar refractivity (Wildman–Crippen MR) is 136 cm³/mol. The topological polar surface area (TPSA) is 66.5 Å². The molecule has 0 unspecified atom stereocenters. The quantitative estimate of drug-likeness (QED) is 0.473. The first-order valence-corrected chi connectivity index (χ1v) is 13.4. The molecule has 178 valence electrons. The number of carbonyl (C=O) groups is 1. The summed E-state index contributed by atoms with van der Waals surface area (Å²) < 4.78 is 28.2. The number of carbonyl (C=O) groups excluding carboxylic acids is 1. The number of sulfonamides is 1. The molecule has 0 spiro atoms. The zero-order valence-corrected chi connectivity index (χ0v) is 20.8. The Hall–Kier alpha value is -2.67. The molecule has 3 aromatic carbocycles. The van der Waals surface area contributed by atoms with Gasteiger partial charge in [-0.2, -0.15) is 4.31 Å². The smallest absolute Gasteiger partial charge is 0.252 e. The normalized spacial score (nSPS) is 15.9. The lowest BCUT2D eigenvalue weighted by Gasteiger charge is -2.22. The zero-order valence-electron chi connectivity index (χ0n) is 19.2. The van der Waals surface area contributed by atoms with Gasteiger partial charge in [0.15, 0.2) is 0 Å². The second kappa shape index (κ2) is 10.7. The van der Waals surface area contributed by atoms with Crippen molar-refractivity contribution in [2.75, 3.05) is 13.1 Å². The molecular formula is C27H29ClN2O3S. The minimum atomic E-state index is -3.79. The van der Waals surface area contributed by atoms with Crippen LogP contribution in [0.5, 0.6) is 0 Å². The van der Waals surface area contributed by atoms with Gasteiger partial charge in [0.2, 0.25) is 10.0 Å². The van der Waals surface area contributed by atoms with Crippen molar-refractivity contribution in [3.05, 3.63) is 100 Å². The summed E-state index contributed by atoms with van der Waals surface area (Å²) in [7, 11) is -3.79. The summed E-state index contributed by atoms with van der Waals surface area (Å²) in [5, 5.41) is 3.21. The standard InChI is InChI=1S/C27H29ClN2O3S/c1-20-11-13-22(14-12-20)26(21-9-5-4-6-10-21)29-27(31)23-15-16-24(28)25(19-23)34(32,33)30-17-7-2-3-8-18-30/h4-6,9-16,19,26H,2-3,7-8,17-18H2,1H3,(H,29,31)/t26-/m1/s1. The fourth-order valence-corrected chi connectivity index (χ4v) is 6.26. The van der Waals surface area contributed by atoms with E-state index < -0.39 is 10.0 Å². The number of hydrogen-bond acceptors (Lipinski definition) is 3. The van der Waals surface area contributed by atoms with Gasteiger partial charge in [0.25, 0.3) is 5.91 Å². The molecule has 1 aliphatic rings. The number of hydrogen-bond donors (Lipinski definition) is 1. The molecule has 4 rings (SSSR count). The van der Waals surface area contributed by atoms with Crippen LogP contribution in [-0.4, -0.2) is 31.7 Å². The third-order valence-corrected chi connectivity index (χ3v) is 8.58. The summed E-state index contributed by atoms with van der Waals surface area (Å²) in [5.74, 6) is -0.363. The third-order valence-electron chi connectivity index (χ3n) is 6.20. The van der Waals surface area contributed by atoms with Crippen molar-refractivity contribution in [3.63, 3.8) is 0 Å². The van der Waals surface area contributed by atoms with Gasteiger partial charge in [0.1, 0.15) is 4.90 Å². The third kappa shape index (κ3) is 5.52. The fourth-order valence-electron chi connectivity index (χ4n) is 4.24. The lowest BCUT2D eigenvalue weighted by molar-refractivity contribution is 0.0942. The molecule has 1 amide bonds. The van der Waals surface area contributed by atoms with E-state index >= 15 is 0 Å². The highest BCUT2D eigenvalue weighted by atomic mass is 35.5. The average molecular weight is 497 g/mol. The number of nitrogens with zero attached hydrogens (tertiary/aromatic N) is 1. The Morgan fingerprint density at radius 1 is 0.882 bits per heavy atom. The molecule has 3 aromatic rings. The van der Waals surface area contributed by atoms with Crippen LogP contribution < -0.4 is 5.32 Å². The van der Waals surface area contributed by atoms with Crippen molar-refractivity contribution in [2.45, 2.75) is 43.5 Å². The van der Waals surface area contributed by atoms with Crippen LogP contribution in [0.1, 0.15) is 58.8 Å². The molecule has 0 saturated carbocycles. The van der Waals surface area contributed by atoms with Crippen LogP contribution >= 0.6 is 11.6 Å². The number of aryl methyl sites for hydroxylation is 1. The number of nitrogens with one attached hydrogen (secondary N) is 1. The van der Waals surface area contributed by atoms with Crippen LogP contribution in [-0.2, 0) is 10.0 Å². The van der Waals surface area contributed by atoms with Crippen LogP contribution in [0, 0.1) is 6.92 Å². The largest absolute Gasteiger partial charge is 0.341 e. The van der Waals surface area contributed by atoms with Gasteiger partial charge >= 0.3 is 0 Å². The first kappa shape index (κ1) is 24.5. The number of rotatable bonds is 6. The van der Waals surface area contributed by atoms with E-state index in [-0.39, 0.29) is 27.4 Å². The van der Waals surface area contributed by atoms with Crippen LogP contribution in [0.2, 0.25) is 5.02 Å². The summed E-state index contributed by atoms with van der Waals surface area (Å²) in [4.78, 5) is 13.3. The van der Waals surface area contributed by atoms with E-state index in [1.807, 2.05) is 61.5 Å². The molecule has 1 fully saturated rings. The van der Waals surface area contributed by atoms with E-state index in [1.54, 1.807) is 6.07 Å². The first-order valence-electron chi connectivity index (χ1n) is 11.6. The van der Waals surface area contributed by atoms with Crippen LogP contribution in [0.4, 0.5) is 0 Å². The molecule has 1 aliphatic heterocycles. The Kier molecular flexibility index (Phi) is 7.71. The van der Waals surface area contributed by atoms with Crippen molar-refractivity contribution < 1.29 is 13.2 Å². The number of amides is 1. The van der Waals surface area contributed by atoms with Crippen molar-refractivity contribution in [3.8, 4) is 0 Å². The maximum Gasteiger partial charge on any atom is 0.252 e. The van der Waals surface area contributed by atoms with Crippen molar-refractivity contribution in [1.82, 2.24) is 9.62 Å². The first-order chi connectivity index (χ1) is 16.4. The molecule has 0 aliphatic carbocycles. The molecular weight excluding hydrogens is 468 g/mol. The molecule has 5 nitrogen and oxygen atoms in total. The van der Waals surface area contributed by atoms with Gasteiger partial charge in [-0.3, -0.25) is 4.79 Å². The minimum absolute atomic E-state index is 0.0182. The van der Waals surface area contributed by atoms with Crippen LogP contribution in [0.3, 0.4) is 0 Å². The summed E-state index contributed by atoms with van der Waals surface area (Å²) in [5.41, 5.74) is 3.26. The van der Waals surface area contributed by atoms with Crippen molar-refractivity contribution >= 4 is 27.5 Å². The van der Waals surface area contributed by atoms with Gasteiger partial charge in [0.05, 0.1) is 11.1 Å². The highest BCUT2D eigenvalue weighted by Gasteiger charge is 2.28. The van der Waals surface area contributed by atoms with Gasteiger partial charge in [-0.05, 0) is 49.1 Å². The molecule has 0 aromatic heterocycles. The second-order valence-electron chi connectivity index (χ2n) is 8.69. The predicted octanol–water partition coefficient (Wildman–Crippen LogP) is 5.73. The second-order valence-corrected chi connectivity index (χ2v) is 11.0. The lowest BCUT2D eigenvalue weighted by Crippen LogP contribution is -2.33. The maximum absolute atomic E-state index is 13.3. The molecule has 1 heterocycles. The van der Waals surface area contributed by atoms with E-state index in [4.69, 9.17) is 11.6 Å². The van der Waals surface area contributed by atoms with Crippen molar-refractivity contribution in [1.29, 1.82) is 0 Å². The van der Waals surface area contributed by atoms with Crippen LogP contribution in [0.25, 0.3) is 0 Å². The number of halogens is 1. The summed E-state index contributed by atoms with van der Waals surface area (Å²) in [6, 6.07) is 21.8. The Bertz CT molecular complexity index is 1240. The Balaban J connectivity index is 1.65. The summed E-state index contributed by atoms with van der Waals surface area (Å²) in [6.07, 6.45) is 3.68. The molecule has 1 atom stereocenters. The van der Waals surface area contributed by atoms with Gasteiger partial charge in [0, 0.05) is 18.7 Å². The number of benzene rings is 3. The van der Waals surface area contributed by atoms with Gasteiger partial charge < -0.3 is 5.32 Å². The molecule has 1 N–H and O–H groups in total. The Labute approximate surface area is 206 Å². The zero-order chi connectivity index (χ0) is 24.1. The summed E-state index contributed by atoms with van der Waals surface area (Å²) >= 11 is 6.32. The average Bonchev–Trinajstić information content (AvgIpc) is 3.14. The van der Waals surface area contributed by atoms with E-state index in [0.717, 1.165) is 42.4 Å². The van der Waals surface area contributed by atoms with Crippen molar-refractivity contribution in [2.24, 2.45) is 0 Å². The molecule has 0 radical (unpaired) electrons. The van der Waals surface area contributed by atoms with Gasteiger partial charge in [-0.1, -0.05) is 84.6 Å². The molecule has 34 heavy (non-hydrogen) atoms. The molecule has 7 heteroatoms. The van der Waals surface area contributed by atoms with Gasteiger partial charge in [-0.15, -0.1) is 0 Å². The van der Waals surface area contributed by atoms with Crippen LogP contribution in [0.15, 0.2) is 77.7 Å². The van der Waals surface area contributed by atoms with E-state index in [9.17, 15) is 13.2 Å². The Morgan fingerprint density at radius 3 is 2.15 bits per heavy atom. The summed E-state index contributed by atoms with van der Waals surface area (Å²) in [6.45, 7) is 2.96. The lowest BCUT2D eigenvalue weighted by atomic mass is 9.97. The molecule has 0 bridgehead atoms. The van der Waals surface area contributed by atoms with E-state index in [1.165, 1.54) is 16.4 Å². The van der Waals surface area contributed by atoms with E-state index in [2.05, 4.69) is 5.32 Å². The molecule has 1 saturated heterocycles. The minimum Gasteiger partial charge on any atom is -0.341 e. The fraction of sp³-hybridized carbons (Fsp3) is 0.296. The highest BCUT2D eigenvalue weighted by molar-refractivity contribution is 7.89. The highest BCUT2D eigenvalue weighted by Crippen LogP contribution is 2.29.